The fraction of sp³-hybridized carbons (Fsp3) is 0. The molecule has 2 aromatic rings. The molecule has 0 bridgehead atoms. The van der Waals surface area contributed by atoms with Crippen molar-refractivity contribution in [2.75, 3.05) is 0 Å². The number of ketones is 1. The number of Topliss-reactive ketones (excluding diaryl/α,β-unsaturated/α-hetero) is 1. The Morgan fingerprint density at radius 2 is 1.94 bits per heavy atom. The zero-order valence-electron chi connectivity index (χ0n) is 8.11. The van der Waals surface area contributed by atoms with Crippen LogP contribution < -0.4 is 0 Å². The summed E-state index contributed by atoms with van der Waals surface area (Å²) >= 11 is 5.94. The molecule has 2 rings (SSSR count). The summed E-state index contributed by atoms with van der Waals surface area (Å²) in [7, 11) is 0. The van der Waals surface area contributed by atoms with Gasteiger partial charge in [0.15, 0.2) is 6.29 Å². The van der Waals surface area contributed by atoms with Gasteiger partial charge in [0.1, 0.15) is 5.75 Å². The smallest absolute Gasteiger partial charge is 0.225 e. The van der Waals surface area contributed by atoms with Gasteiger partial charge < -0.3 is 5.11 Å². The lowest BCUT2D eigenvalue weighted by molar-refractivity contribution is -0.104. The first-order valence-electron chi connectivity index (χ1n) is 4.54. The van der Waals surface area contributed by atoms with Crippen LogP contribution in [0, 0.1) is 0 Å². The highest BCUT2D eigenvalue weighted by atomic mass is 35.5. The van der Waals surface area contributed by atoms with Crippen molar-refractivity contribution in [1.29, 1.82) is 0 Å². The zero-order valence-corrected chi connectivity index (χ0v) is 8.86. The fourth-order valence-electron chi connectivity index (χ4n) is 1.58. The van der Waals surface area contributed by atoms with Gasteiger partial charge in [-0.25, -0.2) is 0 Å². The summed E-state index contributed by atoms with van der Waals surface area (Å²) in [5, 5.41) is 10.9. The first-order chi connectivity index (χ1) is 7.63. The Hall–Kier alpha value is -1.87. The van der Waals surface area contributed by atoms with E-state index in [1.54, 1.807) is 6.07 Å². The second-order valence-corrected chi connectivity index (χ2v) is 3.71. The first-order valence-corrected chi connectivity index (χ1v) is 4.92. The summed E-state index contributed by atoms with van der Waals surface area (Å²) in [6.07, 6.45) is 0.259. The summed E-state index contributed by atoms with van der Waals surface area (Å²) in [6, 6.07) is 7.49. The van der Waals surface area contributed by atoms with E-state index in [0.29, 0.717) is 15.8 Å². The van der Waals surface area contributed by atoms with E-state index in [4.69, 9.17) is 11.6 Å². The topological polar surface area (TPSA) is 54.4 Å². The highest BCUT2D eigenvalue weighted by Gasteiger charge is 2.11. The Morgan fingerprint density at radius 1 is 1.19 bits per heavy atom. The molecule has 0 amide bonds. The van der Waals surface area contributed by atoms with E-state index in [1.807, 2.05) is 0 Å². The molecule has 0 atom stereocenters. The lowest BCUT2D eigenvalue weighted by Gasteiger charge is -2.05. The lowest BCUT2D eigenvalue weighted by Crippen LogP contribution is -2.00. The van der Waals surface area contributed by atoms with Gasteiger partial charge in [0, 0.05) is 16.0 Å². The Labute approximate surface area is 96.3 Å². The molecule has 0 saturated carbocycles. The van der Waals surface area contributed by atoms with Crippen molar-refractivity contribution >= 4 is 34.4 Å². The van der Waals surface area contributed by atoms with E-state index >= 15 is 0 Å². The van der Waals surface area contributed by atoms with E-state index in [2.05, 4.69) is 0 Å². The van der Waals surface area contributed by atoms with Crippen LogP contribution in [0.2, 0.25) is 5.02 Å². The van der Waals surface area contributed by atoms with Crippen molar-refractivity contribution in [2.24, 2.45) is 0 Å². The number of aldehydes is 1. The van der Waals surface area contributed by atoms with Crippen LogP contribution in [0.1, 0.15) is 10.4 Å². The molecule has 0 aliphatic rings. The number of benzene rings is 2. The first kappa shape index (κ1) is 10.6. The van der Waals surface area contributed by atoms with Gasteiger partial charge in [0.25, 0.3) is 0 Å². The van der Waals surface area contributed by atoms with Crippen LogP contribution in [0.5, 0.6) is 5.75 Å². The van der Waals surface area contributed by atoms with Crippen molar-refractivity contribution < 1.29 is 14.7 Å². The van der Waals surface area contributed by atoms with Crippen molar-refractivity contribution in [2.45, 2.75) is 0 Å². The molecule has 16 heavy (non-hydrogen) atoms. The van der Waals surface area contributed by atoms with E-state index in [9.17, 15) is 14.7 Å². The van der Waals surface area contributed by atoms with Crippen LogP contribution >= 0.6 is 11.6 Å². The number of carbonyl (C=O) groups is 2. The number of phenols is 1. The summed E-state index contributed by atoms with van der Waals surface area (Å²) in [5.74, 6) is -0.544. The summed E-state index contributed by atoms with van der Waals surface area (Å²) < 4.78 is 0. The van der Waals surface area contributed by atoms with Crippen LogP contribution in [0.4, 0.5) is 0 Å². The largest absolute Gasteiger partial charge is 0.508 e. The molecule has 0 saturated heterocycles. The number of hydrogen-bond donors (Lipinski definition) is 1. The van der Waals surface area contributed by atoms with Gasteiger partial charge in [0.05, 0.1) is 0 Å². The molecular weight excluding hydrogens is 228 g/mol. The van der Waals surface area contributed by atoms with E-state index in [1.165, 1.54) is 24.3 Å². The molecule has 0 heterocycles. The summed E-state index contributed by atoms with van der Waals surface area (Å²) in [6.45, 7) is 0. The molecular formula is C12H7ClO3. The number of carbonyl (C=O) groups excluding carboxylic acids is 2. The van der Waals surface area contributed by atoms with Crippen molar-refractivity contribution in [3.63, 3.8) is 0 Å². The molecule has 1 N–H and O–H groups in total. The molecule has 4 heteroatoms. The second kappa shape index (κ2) is 3.94. The van der Waals surface area contributed by atoms with Crippen molar-refractivity contribution in [1.82, 2.24) is 0 Å². The molecule has 3 nitrogen and oxygen atoms in total. The second-order valence-electron chi connectivity index (χ2n) is 3.31. The van der Waals surface area contributed by atoms with Gasteiger partial charge >= 0.3 is 0 Å². The van der Waals surface area contributed by atoms with Crippen LogP contribution in [0.15, 0.2) is 30.3 Å². The molecule has 0 spiro atoms. The van der Waals surface area contributed by atoms with E-state index in [0.717, 1.165) is 0 Å². The maximum atomic E-state index is 11.3. The van der Waals surface area contributed by atoms with Gasteiger partial charge in [-0.15, -0.1) is 0 Å². The van der Waals surface area contributed by atoms with Gasteiger partial charge in [-0.05, 0) is 35.7 Å². The molecule has 80 valence electrons. The molecule has 0 aliphatic heterocycles. The third-order valence-corrected chi connectivity index (χ3v) is 2.65. The maximum Gasteiger partial charge on any atom is 0.225 e. The van der Waals surface area contributed by atoms with Crippen LogP contribution in [0.25, 0.3) is 10.8 Å². The Kier molecular flexibility index (Phi) is 2.62. The minimum atomic E-state index is -0.604. The highest BCUT2D eigenvalue weighted by molar-refractivity contribution is 6.40. The van der Waals surface area contributed by atoms with Crippen LogP contribution in [-0.2, 0) is 4.79 Å². The normalized spacial score (nSPS) is 10.3. The number of aromatic hydroxyl groups is 1. The number of fused-ring (bicyclic) bond motifs is 1. The highest BCUT2D eigenvalue weighted by Crippen LogP contribution is 2.29. The van der Waals surface area contributed by atoms with Crippen LogP contribution in [-0.4, -0.2) is 17.2 Å². The fourth-order valence-corrected chi connectivity index (χ4v) is 1.80. The Bertz CT molecular complexity index is 590. The molecule has 0 radical (unpaired) electrons. The van der Waals surface area contributed by atoms with Gasteiger partial charge in [-0.1, -0.05) is 11.6 Å². The average Bonchev–Trinajstić information content (AvgIpc) is 2.29. The standard InChI is InChI=1S/C12H7ClO3/c13-11-4-3-9(12(16)6-14)8-2-1-7(15)5-10(8)11/h1-6,15H. The number of halogens is 1. The SMILES string of the molecule is O=CC(=O)c1ccc(Cl)c2cc(O)ccc12. The van der Waals surface area contributed by atoms with Gasteiger partial charge in [0.2, 0.25) is 5.78 Å². The number of phenolic OH excluding ortho intramolecular Hbond substituents is 1. The van der Waals surface area contributed by atoms with Crippen molar-refractivity contribution in [3.8, 4) is 5.75 Å². The zero-order chi connectivity index (χ0) is 11.7. The molecule has 2 aromatic carbocycles. The van der Waals surface area contributed by atoms with Gasteiger partial charge in [-0.3, -0.25) is 9.59 Å². The minimum absolute atomic E-state index is 0.0603. The predicted octanol–water partition coefficient (Wildman–Crippen LogP) is 2.58. The molecule has 0 unspecified atom stereocenters. The monoisotopic (exact) mass is 234 g/mol. The predicted molar refractivity (Wildman–Crippen MR) is 61.0 cm³/mol. The average molecular weight is 235 g/mol. The van der Waals surface area contributed by atoms with E-state index in [-0.39, 0.29) is 17.6 Å². The quantitative estimate of drug-likeness (QED) is 0.494. The Morgan fingerprint density at radius 3 is 2.62 bits per heavy atom. The maximum absolute atomic E-state index is 11.3. The Balaban J connectivity index is 2.84. The molecule has 0 fully saturated rings. The number of hydrogen-bond acceptors (Lipinski definition) is 3. The lowest BCUT2D eigenvalue weighted by atomic mass is 10.0. The third kappa shape index (κ3) is 1.66. The van der Waals surface area contributed by atoms with Crippen molar-refractivity contribution in [3.05, 3.63) is 40.9 Å². The third-order valence-electron chi connectivity index (χ3n) is 2.32. The van der Waals surface area contributed by atoms with Crippen LogP contribution in [0.3, 0.4) is 0 Å². The van der Waals surface area contributed by atoms with Gasteiger partial charge in [-0.2, -0.15) is 0 Å². The number of rotatable bonds is 2. The minimum Gasteiger partial charge on any atom is -0.508 e. The summed E-state index contributed by atoms with van der Waals surface area (Å²) in [4.78, 5) is 21.8. The van der Waals surface area contributed by atoms with E-state index < -0.39 is 5.78 Å². The molecule has 0 aromatic heterocycles. The summed E-state index contributed by atoms with van der Waals surface area (Å²) in [5.41, 5.74) is 0.286. The molecule has 0 aliphatic carbocycles.